The zero-order valence-corrected chi connectivity index (χ0v) is 8.97. The third kappa shape index (κ3) is 1.97. The molecule has 86 valence electrons. The molecule has 2 unspecified atom stereocenters. The second kappa shape index (κ2) is 4.29. The largest absolute Gasteiger partial charge is 0.316 e. The molecule has 0 saturated carbocycles. The highest BCUT2D eigenvalue weighted by Gasteiger charge is 2.31. The molecule has 1 aromatic carbocycles. The minimum Gasteiger partial charge on any atom is -0.316 e. The summed E-state index contributed by atoms with van der Waals surface area (Å²) in [5, 5.41) is 3.07. The lowest BCUT2D eigenvalue weighted by Crippen LogP contribution is -2.22. The fraction of sp³-hybridized carbons (Fsp3) is 0.417. The minimum atomic E-state index is -0.648. The third-order valence-electron chi connectivity index (χ3n) is 3.05. The number of carbonyl (C=O) groups is 1. The molecule has 1 aromatic rings. The van der Waals surface area contributed by atoms with Gasteiger partial charge in [-0.2, -0.15) is 0 Å². The van der Waals surface area contributed by atoms with E-state index >= 15 is 0 Å². The summed E-state index contributed by atoms with van der Waals surface area (Å²) in [5.74, 6) is -1.63. The highest BCUT2D eigenvalue weighted by molar-refractivity contribution is 5.98. The number of rotatable bonds is 2. The van der Waals surface area contributed by atoms with Gasteiger partial charge in [0.15, 0.2) is 5.78 Å². The first-order valence-electron chi connectivity index (χ1n) is 5.29. The molecule has 0 amide bonds. The Kier molecular flexibility index (Phi) is 3.01. The van der Waals surface area contributed by atoms with Crippen molar-refractivity contribution in [3.63, 3.8) is 0 Å². The van der Waals surface area contributed by atoms with E-state index in [1.54, 1.807) is 0 Å². The topological polar surface area (TPSA) is 29.1 Å². The molecule has 2 atom stereocenters. The number of hydrogen-bond acceptors (Lipinski definition) is 2. The van der Waals surface area contributed by atoms with Crippen molar-refractivity contribution in [2.24, 2.45) is 11.8 Å². The summed E-state index contributed by atoms with van der Waals surface area (Å²) < 4.78 is 26.3. The van der Waals surface area contributed by atoms with Gasteiger partial charge in [0.25, 0.3) is 0 Å². The van der Waals surface area contributed by atoms with Gasteiger partial charge in [0.1, 0.15) is 11.6 Å². The molecule has 1 N–H and O–H groups in total. The van der Waals surface area contributed by atoms with E-state index in [0.717, 1.165) is 24.7 Å². The second-order valence-corrected chi connectivity index (χ2v) is 4.23. The minimum absolute atomic E-state index is 0.138. The molecular weight excluding hydrogens is 212 g/mol. The summed E-state index contributed by atoms with van der Waals surface area (Å²) in [6.07, 6.45) is 0. The molecule has 1 heterocycles. The van der Waals surface area contributed by atoms with Crippen LogP contribution in [-0.4, -0.2) is 18.9 Å². The van der Waals surface area contributed by atoms with E-state index in [4.69, 9.17) is 0 Å². The van der Waals surface area contributed by atoms with Crippen LogP contribution in [0.15, 0.2) is 18.2 Å². The van der Waals surface area contributed by atoms with Crippen LogP contribution in [0.4, 0.5) is 8.78 Å². The molecule has 0 aliphatic carbocycles. The molecule has 0 spiro atoms. The van der Waals surface area contributed by atoms with Crippen molar-refractivity contribution in [2.45, 2.75) is 6.92 Å². The van der Waals surface area contributed by atoms with Gasteiger partial charge in [0.05, 0.1) is 5.56 Å². The molecule has 2 nitrogen and oxygen atoms in total. The van der Waals surface area contributed by atoms with Crippen LogP contribution >= 0.6 is 0 Å². The third-order valence-corrected chi connectivity index (χ3v) is 3.05. The molecule has 1 saturated heterocycles. The van der Waals surface area contributed by atoms with Gasteiger partial charge in [-0.05, 0) is 30.7 Å². The predicted octanol–water partition coefficient (Wildman–Crippen LogP) is 2.00. The van der Waals surface area contributed by atoms with Crippen molar-refractivity contribution in [2.75, 3.05) is 13.1 Å². The Balaban J connectivity index is 2.29. The average molecular weight is 225 g/mol. The number of carbonyl (C=O) groups excluding carboxylic acids is 1. The fourth-order valence-corrected chi connectivity index (χ4v) is 2.05. The van der Waals surface area contributed by atoms with Crippen molar-refractivity contribution in [3.05, 3.63) is 35.4 Å². The Morgan fingerprint density at radius 3 is 2.75 bits per heavy atom. The van der Waals surface area contributed by atoms with Crippen LogP contribution in [0.3, 0.4) is 0 Å². The van der Waals surface area contributed by atoms with Gasteiger partial charge in [0, 0.05) is 12.5 Å². The Morgan fingerprint density at radius 1 is 1.38 bits per heavy atom. The average Bonchev–Trinajstić information content (AvgIpc) is 2.67. The first-order valence-corrected chi connectivity index (χ1v) is 5.29. The predicted molar refractivity (Wildman–Crippen MR) is 56.2 cm³/mol. The molecule has 0 bridgehead atoms. The summed E-state index contributed by atoms with van der Waals surface area (Å²) in [6.45, 7) is 3.21. The van der Waals surface area contributed by atoms with Gasteiger partial charge in [0.2, 0.25) is 0 Å². The summed E-state index contributed by atoms with van der Waals surface area (Å²) in [5.41, 5.74) is -0.138. The van der Waals surface area contributed by atoms with Crippen molar-refractivity contribution >= 4 is 5.78 Å². The summed E-state index contributed by atoms with van der Waals surface area (Å²) in [6, 6.07) is 2.99. The number of hydrogen-bond donors (Lipinski definition) is 1. The number of ketones is 1. The molecular formula is C12H13F2NO. The van der Waals surface area contributed by atoms with E-state index < -0.39 is 11.6 Å². The Labute approximate surface area is 92.7 Å². The van der Waals surface area contributed by atoms with Crippen molar-refractivity contribution < 1.29 is 13.6 Å². The van der Waals surface area contributed by atoms with Crippen molar-refractivity contribution in [3.8, 4) is 0 Å². The van der Waals surface area contributed by atoms with Crippen LogP contribution in [-0.2, 0) is 0 Å². The second-order valence-electron chi connectivity index (χ2n) is 4.23. The maximum absolute atomic E-state index is 13.4. The molecule has 16 heavy (non-hydrogen) atoms. The van der Waals surface area contributed by atoms with Crippen molar-refractivity contribution in [1.29, 1.82) is 0 Å². The number of halogens is 2. The first-order chi connectivity index (χ1) is 7.59. The molecule has 1 aliphatic rings. The monoisotopic (exact) mass is 225 g/mol. The normalized spacial score (nSPS) is 24.7. The summed E-state index contributed by atoms with van der Waals surface area (Å²) in [4.78, 5) is 12.0. The van der Waals surface area contributed by atoms with Crippen molar-refractivity contribution in [1.82, 2.24) is 5.32 Å². The van der Waals surface area contributed by atoms with E-state index in [9.17, 15) is 13.6 Å². The Morgan fingerprint density at radius 2 is 2.12 bits per heavy atom. The SMILES string of the molecule is CC1CNCC1C(=O)c1cc(F)ccc1F. The molecule has 1 fully saturated rings. The van der Waals surface area contributed by atoms with E-state index in [0.29, 0.717) is 6.54 Å². The standard InChI is InChI=1S/C12H13F2NO/c1-7-5-15-6-10(7)12(16)9-4-8(13)2-3-11(9)14/h2-4,7,10,15H,5-6H2,1H3. The summed E-state index contributed by atoms with van der Waals surface area (Å²) >= 11 is 0. The molecule has 1 aliphatic heterocycles. The van der Waals surface area contributed by atoms with Crippen LogP contribution in [0.25, 0.3) is 0 Å². The lowest BCUT2D eigenvalue weighted by Gasteiger charge is -2.13. The maximum Gasteiger partial charge on any atom is 0.170 e. The van der Waals surface area contributed by atoms with Gasteiger partial charge < -0.3 is 5.32 Å². The molecule has 4 heteroatoms. The van der Waals surface area contributed by atoms with Crippen LogP contribution in [0, 0.1) is 23.5 Å². The van der Waals surface area contributed by atoms with Crippen LogP contribution in [0.5, 0.6) is 0 Å². The summed E-state index contributed by atoms with van der Waals surface area (Å²) in [7, 11) is 0. The van der Waals surface area contributed by atoms with Gasteiger partial charge in [-0.25, -0.2) is 8.78 Å². The highest BCUT2D eigenvalue weighted by atomic mass is 19.1. The smallest absolute Gasteiger partial charge is 0.170 e. The van der Waals surface area contributed by atoms with Gasteiger partial charge in [-0.15, -0.1) is 0 Å². The van der Waals surface area contributed by atoms with Crippen LogP contribution in [0.2, 0.25) is 0 Å². The molecule has 0 aromatic heterocycles. The van der Waals surface area contributed by atoms with Gasteiger partial charge in [-0.3, -0.25) is 4.79 Å². The number of Topliss-reactive ketones (excluding diaryl/α,β-unsaturated/α-hetero) is 1. The first kappa shape index (κ1) is 11.2. The van der Waals surface area contributed by atoms with Gasteiger partial charge in [-0.1, -0.05) is 6.92 Å². The number of benzene rings is 1. The zero-order valence-electron chi connectivity index (χ0n) is 8.97. The van der Waals surface area contributed by atoms with E-state index in [1.165, 1.54) is 0 Å². The molecule has 0 radical (unpaired) electrons. The van der Waals surface area contributed by atoms with Crippen LogP contribution in [0.1, 0.15) is 17.3 Å². The van der Waals surface area contributed by atoms with E-state index in [-0.39, 0.29) is 23.2 Å². The van der Waals surface area contributed by atoms with Crippen LogP contribution < -0.4 is 5.32 Å². The fourth-order valence-electron chi connectivity index (χ4n) is 2.05. The van der Waals surface area contributed by atoms with E-state index in [1.807, 2.05) is 6.92 Å². The van der Waals surface area contributed by atoms with Gasteiger partial charge >= 0.3 is 0 Å². The zero-order chi connectivity index (χ0) is 11.7. The highest BCUT2D eigenvalue weighted by Crippen LogP contribution is 2.22. The quantitative estimate of drug-likeness (QED) is 0.780. The number of nitrogens with one attached hydrogen (secondary N) is 1. The lowest BCUT2D eigenvalue weighted by atomic mass is 9.89. The lowest BCUT2D eigenvalue weighted by molar-refractivity contribution is 0.0903. The Hall–Kier alpha value is -1.29. The Bertz CT molecular complexity index is 419. The molecule has 2 rings (SSSR count). The van der Waals surface area contributed by atoms with E-state index in [2.05, 4.69) is 5.32 Å². The maximum atomic E-state index is 13.4.